The van der Waals surface area contributed by atoms with Crippen LogP contribution in [0.15, 0.2) is 42.5 Å². The first-order chi connectivity index (χ1) is 17.5. The molecule has 0 bridgehead atoms. The second-order valence-electron chi connectivity index (χ2n) is 9.00. The first-order valence-corrected chi connectivity index (χ1v) is 14.2. The zero-order valence-electron chi connectivity index (χ0n) is 22.8. The number of amides is 2. The summed E-state index contributed by atoms with van der Waals surface area (Å²) in [6.45, 7) is 7.28. The SMILES string of the molecule is CCC(C)NC(=O)C(CC)N(Cc1ccccc1C)C(=O)CN(c1cc(OC)ccc1OC)S(C)(=O)=O. The predicted molar refractivity (Wildman–Crippen MR) is 145 cm³/mol. The van der Waals surface area contributed by atoms with Gasteiger partial charge in [-0.05, 0) is 49.9 Å². The smallest absolute Gasteiger partial charge is 0.244 e. The topological polar surface area (TPSA) is 105 Å². The van der Waals surface area contributed by atoms with Gasteiger partial charge in [0.15, 0.2) is 0 Å². The largest absolute Gasteiger partial charge is 0.497 e. The number of sulfonamides is 1. The number of ether oxygens (including phenoxy) is 2. The van der Waals surface area contributed by atoms with Crippen LogP contribution >= 0.6 is 0 Å². The van der Waals surface area contributed by atoms with Gasteiger partial charge in [-0.25, -0.2) is 8.42 Å². The van der Waals surface area contributed by atoms with Gasteiger partial charge in [0.2, 0.25) is 21.8 Å². The van der Waals surface area contributed by atoms with Gasteiger partial charge in [-0.3, -0.25) is 13.9 Å². The van der Waals surface area contributed by atoms with Crippen molar-refractivity contribution in [2.75, 3.05) is 31.3 Å². The van der Waals surface area contributed by atoms with E-state index >= 15 is 0 Å². The van der Waals surface area contributed by atoms with Crippen molar-refractivity contribution in [3.63, 3.8) is 0 Å². The van der Waals surface area contributed by atoms with E-state index < -0.39 is 28.5 Å². The Morgan fingerprint density at radius 1 is 1.03 bits per heavy atom. The lowest BCUT2D eigenvalue weighted by Gasteiger charge is -2.34. The third-order valence-electron chi connectivity index (χ3n) is 6.32. The molecule has 0 aliphatic carbocycles. The molecule has 9 nitrogen and oxygen atoms in total. The summed E-state index contributed by atoms with van der Waals surface area (Å²) in [5.74, 6) is -0.104. The highest BCUT2D eigenvalue weighted by Gasteiger charge is 2.33. The van der Waals surface area contributed by atoms with Crippen LogP contribution in [0.3, 0.4) is 0 Å². The molecule has 0 aromatic heterocycles. The van der Waals surface area contributed by atoms with Crippen LogP contribution in [0, 0.1) is 6.92 Å². The average molecular weight is 534 g/mol. The molecule has 0 radical (unpaired) electrons. The molecule has 37 heavy (non-hydrogen) atoms. The maximum absolute atomic E-state index is 13.9. The van der Waals surface area contributed by atoms with Crippen LogP contribution in [0.2, 0.25) is 0 Å². The molecule has 0 aliphatic heterocycles. The fourth-order valence-corrected chi connectivity index (χ4v) is 4.76. The van der Waals surface area contributed by atoms with Crippen LogP contribution in [0.1, 0.15) is 44.7 Å². The van der Waals surface area contributed by atoms with Crippen molar-refractivity contribution in [3.05, 3.63) is 53.6 Å². The number of benzene rings is 2. The third kappa shape index (κ3) is 7.85. The summed E-state index contributed by atoms with van der Waals surface area (Å²) >= 11 is 0. The molecule has 1 N–H and O–H groups in total. The van der Waals surface area contributed by atoms with Crippen LogP contribution in [0.4, 0.5) is 5.69 Å². The van der Waals surface area contributed by atoms with E-state index in [1.165, 1.54) is 25.2 Å². The van der Waals surface area contributed by atoms with Gasteiger partial charge < -0.3 is 19.7 Å². The summed E-state index contributed by atoms with van der Waals surface area (Å²) in [7, 11) is -1.02. The van der Waals surface area contributed by atoms with E-state index in [9.17, 15) is 18.0 Å². The molecule has 2 amide bonds. The van der Waals surface area contributed by atoms with Crippen molar-refractivity contribution in [1.82, 2.24) is 10.2 Å². The Balaban J connectivity index is 2.54. The zero-order valence-corrected chi connectivity index (χ0v) is 23.6. The number of rotatable bonds is 13. The number of nitrogens with zero attached hydrogens (tertiary/aromatic N) is 2. The number of methoxy groups -OCH3 is 2. The molecule has 10 heteroatoms. The van der Waals surface area contributed by atoms with Crippen molar-refractivity contribution in [2.45, 2.75) is 59.2 Å². The number of carbonyl (C=O) groups is 2. The van der Waals surface area contributed by atoms with E-state index in [1.54, 1.807) is 12.1 Å². The fourth-order valence-electron chi connectivity index (χ4n) is 3.92. The minimum atomic E-state index is -3.91. The van der Waals surface area contributed by atoms with Crippen molar-refractivity contribution in [1.29, 1.82) is 0 Å². The Labute approximate surface area is 220 Å². The maximum atomic E-state index is 13.9. The monoisotopic (exact) mass is 533 g/mol. The van der Waals surface area contributed by atoms with E-state index in [0.29, 0.717) is 12.2 Å². The Morgan fingerprint density at radius 3 is 2.24 bits per heavy atom. The summed E-state index contributed by atoms with van der Waals surface area (Å²) in [4.78, 5) is 28.6. The molecule has 0 spiro atoms. The standard InChI is InChI=1S/C27H39N3O6S/c1-8-20(4)28-27(32)23(9-2)29(17-21-13-11-10-12-19(21)3)26(31)18-30(37(7,33)34)24-16-22(35-5)14-15-25(24)36-6/h10-16,20,23H,8-9,17-18H2,1-7H3,(H,28,32). The predicted octanol–water partition coefficient (Wildman–Crippen LogP) is 3.50. The second kappa shape index (κ2) is 13.3. The molecule has 2 aromatic carbocycles. The Bertz CT molecular complexity index is 1180. The van der Waals surface area contributed by atoms with E-state index in [4.69, 9.17) is 9.47 Å². The highest BCUT2D eigenvalue weighted by atomic mass is 32.2. The lowest BCUT2D eigenvalue weighted by atomic mass is 10.1. The molecule has 0 heterocycles. The van der Waals surface area contributed by atoms with Crippen molar-refractivity contribution in [2.24, 2.45) is 0 Å². The van der Waals surface area contributed by atoms with Crippen LogP contribution in [-0.2, 0) is 26.2 Å². The summed E-state index contributed by atoms with van der Waals surface area (Å²) < 4.78 is 37.5. The van der Waals surface area contributed by atoms with E-state index in [-0.39, 0.29) is 29.9 Å². The highest BCUT2D eigenvalue weighted by Crippen LogP contribution is 2.34. The minimum absolute atomic E-state index is 0.0643. The molecule has 2 aromatic rings. The number of anilines is 1. The average Bonchev–Trinajstić information content (AvgIpc) is 2.86. The summed E-state index contributed by atoms with van der Waals surface area (Å²) in [5, 5.41) is 2.96. The van der Waals surface area contributed by atoms with E-state index in [2.05, 4.69) is 5.32 Å². The maximum Gasteiger partial charge on any atom is 0.244 e. The van der Waals surface area contributed by atoms with Gasteiger partial charge in [-0.15, -0.1) is 0 Å². The molecule has 0 saturated heterocycles. The minimum Gasteiger partial charge on any atom is -0.497 e. The molecular formula is C27H39N3O6S. The number of aryl methyl sites for hydroxylation is 1. The van der Waals surface area contributed by atoms with Gasteiger partial charge >= 0.3 is 0 Å². The Morgan fingerprint density at radius 2 is 1.70 bits per heavy atom. The molecule has 0 saturated carbocycles. The molecule has 2 rings (SSSR count). The number of hydrogen-bond donors (Lipinski definition) is 1. The number of carbonyl (C=O) groups excluding carboxylic acids is 2. The molecule has 204 valence electrons. The van der Waals surface area contributed by atoms with Crippen LogP contribution in [0.5, 0.6) is 11.5 Å². The fraction of sp³-hybridized carbons (Fsp3) is 0.481. The van der Waals surface area contributed by atoms with Crippen molar-refractivity contribution < 1.29 is 27.5 Å². The van der Waals surface area contributed by atoms with Crippen LogP contribution in [-0.4, -0.2) is 64.2 Å². The second-order valence-corrected chi connectivity index (χ2v) is 10.9. The van der Waals surface area contributed by atoms with Gasteiger partial charge in [-0.2, -0.15) is 0 Å². The van der Waals surface area contributed by atoms with Crippen LogP contribution in [0.25, 0.3) is 0 Å². The van der Waals surface area contributed by atoms with Gasteiger partial charge in [0.05, 0.1) is 26.2 Å². The highest BCUT2D eigenvalue weighted by molar-refractivity contribution is 7.92. The first-order valence-electron chi connectivity index (χ1n) is 12.3. The first kappa shape index (κ1) is 30.0. The van der Waals surface area contributed by atoms with Gasteiger partial charge in [0.1, 0.15) is 24.1 Å². The summed E-state index contributed by atoms with van der Waals surface area (Å²) in [6, 6.07) is 11.5. The lowest BCUT2D eigenvalue weighted by molar-refractivity contribution is -0.140. The van der Waals surface area contributed by atoms with E-state index in [1.807, 2.05) is 52.0 Å². The molecule has 0 aliphatic rings. The molecule has 2 unspecified atom stereocenters. The summed E-state index contributed by atoms with van der Waals surface area (Å²) in [6.07, 6.45) is 2.13. The molecule has 2 atom stereocenters. The van der Waals surface area contributed by atoms with Gasteiger partial charge in [0, 0.05) is 18.7 Å². The Kier molecular flexibility index (Phi) is 10.8. The normalized spacial score (nSPS) is 12.8. The quantitative estimate of drug-likeness (QED) is 0.423. The zero-order chi connectivity index (χ0) is 27.8. The van der Waals surface area contributed by atoms with Crippen LogP contribution < -0.4 is 19.1 Å². The van der Waals surface area contributed by atoms with Crippen molar-refractivity contribution in [3.8, 4) is 11.5 Å². The van der Waals surface area contributed by atoms with E-state index in [0.717, 1.165) is 28.1 Å². The van der Waals surface area contributed by atoms with Gasteiger partial charge in [0.25, 0.3) is 0 Å². The molecular weight excluding hydrogens is 494 g/mol. The lowest BCUT2D eigenvalue weighted by Crippen LogP contribution is -2.53. The number of hydrogen-bond acceptors (Lipinski definition) is 6. The summed E-state index contributed by atoms with van der Waals surface area (Å²) in [5.41, 5.74) is 2.01. The van der Waals surface area contributed by atoms with Crippen molar-refractivity contribution >= 4 is 27.5 Å². The number of nitrogens with one attached hydrogen (secondary N) is 1. The van der Waals surface area contributed by atoms with Gasteiger partial charge in [-0.1, -0.05) is 38.1 Å². The Hall–Kier alpha value is -3.27. The third-order valence-corrected chi connectivity index (χ3v) is 7.45. The molecule has 0 fully saturated rings.